The molecule has 0 spiro atoms. The minimum atomic E-state index is -0.523. The number of aromatic nitrogens is 1. The summed E-state index contributed by atoms with van der Waals surface area (Å²) in [4.78, 5) is 10.4. The van der Waals surface area contributed by atoms with Crippen molar-refractivity contribution in [3.05, 3.63) is 68.7 Å². The van der Waals surface area contributed by atoms with Gasteiger partial charge in [-0.25, -0.2) is 0 Å². The number of furan rings is 1. The molecular weight excluding hydrogens is 320 g/mol. The standard InChI is InChI=1S/C16H11ClN2O4/c1-10-16(19(20)21)15(23-18-10)8-6-13-5-7-14(22-13)11-3-2-4-12(17)9-11/h2-9H,1H3/b8-6+. The van der Waals surface area contributed by atoms with Crippen molar-refractivity contribution in [2.45, 2.75) is 6.92 Å². The Morgan fingerprint density at radius 1 is 1.26 bits per heavy atom. The first kappa shape index (κ1) is 15.1. The number of benzene rings is 1. The van der Waals surface area contributed by atoms with Crippen molar-refractivity contribution >= 4 is 29.4 Å². The maximum atomic E-state index is 11.0. The number of nitro groups is 1. The second-order valence-corrected chi connectivity index (χ2v) is 5.22. The third kappa shape index (κ3) is 3.17. The SMILES string of the molecule is Cc1noc(/C=C/c2ccc(-c3cccc(Cl)c3)o2)c1[N+](=O)[O-]. The summed E-state index contributed by atoms with van der Waals surface area (Å²) < 4.78 is 10.6. The zero-order valence-electron chi connectivity index (χ0n) is 12.0. The van der Waals surface area contributed by atoms with Gasteiger partial charge in [-0.2, -0.15) is 0 Å². The van der Waals surface area contributed by atoms with Gasteiger partial charge >= 0.3 is 5.69 Å². The molecule has 0 aliphatic carbocycles. The summed E-state index contributed by atoms with van der Waals surface area (Å²) in [6.45, 7) is 1.52. The molecule has 0 amide bonds. The van der Waals surface area contributed by atoms with Crippen LogP contribution in [0.4, 0.5) is 5.69 Å². The molecule has 0 aliphatic heterocycles. The average molecular weight is 331 g/mol. The van der Waals surface area contributed by atoms with Gasteiger partial charge in [0.1, 0.15) is 11.5 Å². The maximum absolute atomic E-state index is 11.0. The lowest BCUT2D eigenvalue weighted by molar-refractivity contribution is -0.386. The molecule has 6 nitrogen and oxygen atoms in total. The fourth-order valence-corrected chi connectivity index (χ4v) is 2.30. The zero-order valence-corrected chi connectivity index (χ0v) is 12.8. The molecule has 0 N–H and O–H groups in total. The molecule has 2 aromatic heterocycles. The van der Waals surface area contributed by atoms with Crippen LogP contribution in [0.15, 0.2) is 45.3 Å². The van der Waals surface area contributed by atoms with Crippen molar-refractivity contribution in [1.29, 1.82) is 0 Å². The monoisotopic (exact) mass is 330 g/mol. The van der Waals surface area contributed by atoms with E-state index in [1.165, 1.54) is 13.0 Å². The van der Waals surface area contributed by atoms with E-state index < -0.39 is 4.92 Å². The van der Waals surface area contributed by atoms with E-state index in [1.807, 2.05) is 12.1 Å². The molecule has 0 radical (unpaired) electrons. The van der Waals surface area contributed by atoms with E-state index in [0.717, 1.165) is 5.56 Å². The quantitative estimate of drug-likeness (QED) is 0.498. The number of rotatable bonds is 4. The van der Waals surface area contributed by atoms with Crippen LogP contribution >= 0.6 is 11.6 Å². The van der Waals surface area contributed by atoms with Crippen LogP contribution in [-0.4, -0.2) is 10.1 Å². The molecule has 116 valence electrons. The van der Waals surface area contributed by atoms with E-state index in [4.69, 9.17) is 20.5 Å². The molecule has 0 fully saturated rings. The molecule has 0 aliphatic rings. The molecule has 7 heteroatoms. The lowest BCUT2D eigenvalue weighted by Gasteiger charge is -1.96. The molecule has 0 saturated heterocycles. The van der Waals surface area contributed by atoms with Gasteiger partial charge in [0.2, 0.25) is 5.76 Å². The molecule has 1 aromatic carbocycles. The Balaban J connectivity index is 1.86. The third-order valence-corrected chi connectivity index (χ3v) is 3.41. The molecular formula is C16H11ClN2O4. The van der Waals surface area contributed by atoms with Gasteiger partial charge in [0.15, 0.2) is 5.69 Å². The van der Waals surface area contributed by atoms with E-state index in [2.05, 4.69) is 5.16 Å². The summed E-state index contributed by atoms with van der Waals surface area (Å²) in [5, 5.41) is 15.2. The normalized spacial score (nSPS) is 11.2. The number of hydrogen-bond donors (Lipinski definition) is 0. The average Bonchev–Trinajstić information content (AvgIpc) is 3.11. The fourth-order valence-electron chi connectivity index (χ4n) is 2.11. The first-order valence-electron chi connectivity index (χ1n) is 6.69. The second-order valence-electron chi connectivity index (χ2n) is 4.78. The first-order valence-corrected chi connectivity index (χ1v) is 7.07. The first-order chi connectivity index (χ1) is 11.0. The van der Waals surface area contributed by atoms with Crippen molar-refractivity contribution in [3.8, 4) is 11.3 Å². The number of aryl methyl sites for hydroxylation is 1. The molecule has 23 heavy (non-hydrogen) atoms. The van der Waals surface area contributed by atoms with Crippen LogP contribution in [0.2, 0.25) is 5.02 Å². The van der Waals surface area contributed by atoms with Crippen molar-refractivity contribution in [1.82, 2.24) is 5.16 Å². The third-order valence-electron chi connectivity index (χ3n) is 3.17. The lowest BCUT2D eigenvalue weighted by Crippen LogP contribution is -1.89. The molecule has 0 unspecified atom stereocenters. The van der Waals surface area contributed by atoms with Crippen molar-refractivity contribution in [2.24, 2.45) is 0 Å². The Bertz CT molecular complexity index is 895. The highest BCUT2D eigenvalue weighted by atomic mass is 35.5. The van der Waals surface area contributed by atoms with Crippen LogP contribution in [0.5, 0.6) is 0 Å². The van der Waals surface area contributed by atoms with Crippen LogP contribution < -0.4 is 0 Å². The van der Waals surface area contributed by atoms with Crippen molar-refractivity contribution in [3.63, 3.8) is 0 Å². The molecule has 0 bridgehead atoms. The maximum Gasteiger partial charge on any atom is 0.338 e. The van der Waals surface area contributed by atoms with Crippen LogP contribution in [0.25, 0.3) is 23.5 Å². The number of halogens is 1. The minimum Gasteiger partial charge on any atom is -0.457 e. The summed E-state index contributed by atoms with van der Waals surface area (Å²) in [5.74, 6) is 1.26. The van der Waals surface area contributed by atoms with E-state index in [-0.39, 0.29) is 17.1 Å². The number of hydrogen-bond acceptors (Lipinski definition) is 5. The topological polar surface area (TPSA) is 82.3 Å². The fraction of sp³-hybridized carbons (Fsp3) is 0.0625. The van der Waals surface area contributed by atoms with Crippen LogP contribution in [0.3, 0.4) is 0 Å². The Morgan fingerprint density at radius 2 is 2.09 bits per heavy atom. The summed E-state index contributed by atoms with van der Waals surface area (Å²) in [6, 6.07) is 10.8. The van der Waals surface area contributed by atoms with Gasteiger partial charge in [-0.15, -0.1) is 0 Å². The Labute approximate surface area is 136 Å². The summed E-state index contributed by atoms with van der Waals surface area (Å²) >= 11 is 5.95. The highest BCUT2D eigenvalue weighted by molar-refractivity contribution is 6.30. The Morgan fingerprint density at radius 3 is 2.83 bits per heavy atom. The predicted molar refractivity (Wildman–Crippen MR) is 86.0 cm³/mol. The largest absolute Gasteiger partial charge is 0.457 e. The van der Waals surface area contributed by atoms with Gasteiger partial charge in [-0.1, -0.05) is 28.9 Å². The summed E-state index contributed by atoms with van der Waals surface area (Å²) in [7, 11) is 0. The van der Waals surface area contributed by atoms with Crippen molar-refractivity contribution < 1.29 is 13.9 Å². The summed E-state index contributed by atoms with van der Waals surface area (Å²) in [6.07, 6.45) is 3.04. The van der Waals surface area contributed by atoms with Gasteiger partial charge in [0, 0.05) is 10.6 Å². The Kier molecular flexibility index (Phi) is 3.99. The smallest absolute Gasteiger partial charge is 0.338 e. The van der Waals surface area contributed by atoms with E-state index in [9.17, 15) is 10.1 Å². The summed E-state index contributed by atoms with van der Waals surface area (Å²) in [5.41, 5.74) is 0.926. The van der Waals surface area contributed by atoms with Crippen molar-refractivity contribution in [2.75, 3.05) is 0 Å². The molecule has 3 aromatic rings. The predicted octanol–water partition coefficient (Wildman–Crippen LogP) is 4.98. The van der Waals surface area contributed by atoms with Crippen LogP contribution in [0, 0.1) is 17.0 Å². The molecule has 2 heterocycles. The minimum absolute atomic E-state index is 0.0770. The molecule has 0 saturated carbocycles. The van der Waals surface area contributed by atoms with Gasteiger partial charge in [0.05, 0.1) is 4.92 Å². The Hall–Kier alpha value is -2.86. The van der Waals surface area contributed by atoms with Crippen LogP contribution in [-0.2, 0) is 0 Å². The van der Waals surface area contributed by atoms with E-state index in [0.29, 0.717) is 16.5 Å². The number of nitrogens with zero attached hydrogens (tertiary/aromatic N) is 2. The van der Waals surface area contributed by atoms with Gasteiger partial charge in [-0.05, 0) is 43.3 Å². The zero-order chi connectivity index (χ0) is 16.4. The highest BCUT2D eigenvalue weighted by Crippen LogP contribution is 2.27. The van der Waals surface area contributed by atoms with E-state index >= 15 is 0 Å². The highest BCUT2D eigenvalue weighted by Gasteiger charge is 2.22. The lowest BCUT2D eigenvalue weighted by atomic mass is 10.2. The molecule has 0 atom stereocenters. The van der Waals surface area contributed by atoms with Gasteiger partial charge in [0.25, 0.3) is 0 Å². The van der Waals surface area contributed by atoms with Gasteiger partial charge in [-0.3, -0.25) is 10.1 Å². The van der Waals surface area contributed by atoms with E-state index in [1.54, 1.807) is 30.3 Å². The molecule has 3 rings (SSSR count). The van der Waals surface area contributed by atoms with Gasteiger partial charge < -0.3 is 8.94 Å². The van der Waals surface area contributed by atoms with Crippen LogP contribution in [0.1, 0.15) is 17.2 Å². The second kappa shape index (κ2) is 6.10.